The molecule has 0 bridgehead atoms. The summed E-state index contributed by atoms with van der Waals surface area (Å²) >= 11 is 0. The van der Waals surface area contributed by atoms with Crippen molar-refractivity contribution in [1.82, 2.24) is 4.90 Å². The SMILES string of the molecule is N[C@H](CN1CCCC1)[C@H](O)C1=CC=C(OC2CC2)CC1. The molecule has 0 radical (unpaired) electrons. The standard InChI is InChI=1S/C16H26N2O2/c17-15(11-18-9-1-2-10-18)16(19)12-3-5-13(6-4-12)20-14-7-8-14/h3,5,14-16,19H,1-2,4,6-11,17H2/t15-,16-/m1/s1. The van der Waals surface area contributed by atoms with E-state index in [1.807, 2.05) is 12.2 Å². The number of nitrogens with two attached hydrogens (primary N) is 1. The molecule has 0 unspecified atom stereocenters. The van der Waals surface area contributed by atoms with Gasteiger partial charge in [-0.25, -0.2) is 0 Å². The van der Waals surface area contributed by atoms with Gasteiger partial charge in [0, 0.05) is 19.0 Å². The molecule has 0 aromatic heterocycles. The minimum atomic E-state index is -0.519. The average Bonchev–Trinajstić information content (AvgIpc) is 3.12. The van der Waals surface area contributed by atoms with Crippen molar-refractivity contribution >= 4 is 0 Å². The van der Waals surface area contributed by atoms with Crippen molar-refractivity contribution in [2.24, 2.45) is 5.73 Å². The summed E-state index contributed by atoms with van der Waals surface area (Å²) in [5, 5.41) is 10.4. The molecule has 4 nitrogen and oxygen atoms in total. The molecule has 1 aliphatic heterocycles. The molecule has 3 N–H and O–H groups in total. The van der Waals surface area contributed by atoms with E-state index in [0.29, 0.717) is 6.10 Å². The molecule has 112 valence electrons. The zero-order valence-corrected chi connectivity index (χ0v) is 12.1. The van der Waals surface area contributed by atoms with Gasteiger partial charge in [-0.2, -0.15) is 0 Å². The molecule has 4 heteroatoms. The molecule has 3 rings (SSSR count). The van der Waals surface area contributed by atoms with Gasteiger partial charge in [0.2, 0.25) is 0 Å². The van der Waals surface area contributed by atoms with E-state index in [4.69, 9.17) is 10.5 Å². The van der Waals surface area contributed by atoms with Gasteiger partial charge in [0.15, 0.2) is 0 Å². The van der Waals surface area contributed by atoms with Crippen LogP contribution < -0.4 is 5.73 Å². The van der Waals surface area contributed by atoms with E-state index in [-0.39, 0.29) is 6.04 Å². The Bertz CT molecular complexity index is 395. The number of allylic oxidation sites excluding steroid dienone is 3. The van der Waals surface area contributed by atoms with E-state index in [2.05, 4.69) is 4.90 Å². The van der Waals surface area contributed by atoms with Crippen LogP contribution in [0.15, 0.2) is 23.5 Å². The summed E-state index contributed by atoms with van der Waals surface area (Å²) in [4.78, 5) is 2.36. The van der Waals surface area contributed by atoms with Gasteiger partial charge in [-0.05, 0) is 56.8 Å². The first-order chi connectivity index (χ1) is 9.72. The molecule has 0 amide bonds. The van der Waals surface area contributed by atoms with E-state index < -0.39 is 6.10 Å². The first-order valence-corrected chi connectivity index (χ1v) is 7.94. The third-order valence-corrected chi connectivity index (χ3v) is 4.44. The van der Waals surface area contributed by atoms with E-state index >= 15 is 0 Å². The lowest BCUT2D eigenvalue weighted by Crippen LogP contribution is -2.45. The Morgan fingerprint density at radius 3 is 2.60 bits per heavy atom. The number of aliphatic hydroxyl groups excluding tert-OH is 1. The molecule has 0 aromatic carbocycles. The molecule has 0 aromatic rings. The summed E-state index contributed by atoms with van der Waals surface area (Å²) < 4.78 is 5.79. The first kappa shape index (κ1) is 14.1. The monoisotopic (exact) mass is 278 g/mol. The molecule has 0 spiro atoms. The Morgan fingerprint density at radius 1 is 1.25 bits per heavy atom. The largest absolute Gasteiger partial charge is 0.495 e. The number of hydrogen-bond donors (Lipinski definition) is 2. The van der Waals surface area contributed by atoms with Crippen molar-refractivity contribution in [2.45, 2.75) is 56.8 Å². The Morgan fingerprint density at radius 2 is 2.00 bits per heavy atom. The number of aliphatic hydroxyl groups is 1. The van der Waals surface area contributed by atoms with Crippen molar-refractivity contribution in [1.29, 1.82) is 0 Å². The van der Waals surface area contributed by atoms with Crippen LogP contribution >= 0.6 is 0 Å². The summed E-state index contributed by atoms with van der Waals surface area (Å²) in [6, 6.07) is -0.182. The lowest BCUT2D eigenvalue weighted by Gasteiger charge is -2.27. The number of hydrogen-bond acceptors (Lipinski definition) is 4. The minimum absolute atomic E-state index is 0.182. The molecular formula is C16H26N2O2. The summed E-state index contributed by atoms with van der Waals surface area (Å²) in [6.07, 6.45) is 10.6. The number of nitrogens with zero attached hydrogens (tertiary/aromatic N) is 1. The van der Waals surface area contributed by atoms with Crippen LogP contribution in [0.2, 0.25) is 0 Å². The highest BCUT2D eigenvalue weighted by Crippen LogP contribution is 2.30. The first-order valence-electron chi connectivity index (χ1n) is 7.94. The predicted octanol–water partition coefficient (Wildman–Crippen LogP) is 1.55. The highest BCUT2D eigenvalue weighted by molar-refractivity contribution is 5.25. The fourth-order valence-corrected chi connectivity index (χ4v) is 3.02. The van der Waals surface area contributed by atoms with Crippen molar-refractivity contribution in [2.75, 3.05) is 19.6 Å². The molecule has 2 aliphatic carbocycles. The van der Waals surface area contributed by atoms with Crippen LogP contribution in [0.3, 0.4) is 0 Å². The number of likely N-dealkylation sites (tertiary alicyclic amines) is 1. The van der Waals surface area contributed by atoms with Crippen LogP contribution in [0, 0.1) is 0 Å². The number of ether oxygens (including phenoxy) is 1. The van der Waals surface area contributed by atoms with Gasteiger partial charge in [0.1, 0.15) is 0 Å². The molecule has 1 saturated heterocycles. The second-order valence-corrected chi connectivity index (χ2v) is 6.31. The van der Waals surface area contributed by atoms with Crippen LogP contribution in [0.25, 0.3) is 0 Å². The van der Waals surface area contributed by atoms with E-state index in [1.165, 1.54) is 25.7 Å². The summed E-state index contributed by atoms with van der Waals surface area (Å²) in [5.74, 6) is 1.07. The normalized spacial score (nSPS) is 26.9. The summed E-state index contributed by atoms with van der Waals surface area (Å²) in [7, 11) is 0. The van der Waals surface area contributed by atoms with Gasteiger partial charge in [-0.1, -0.05) is 6.08 Å². The van der Waals surface area contributed by atoms with Crippen LogP contribution in [0.4, 0.5) is 0 Å². The van der Waals surface area contributed by atoms with Crippen molar-refractivity contribution in [3.05, 3.63) is 23.5 Å². The average molecular weight is 278 g/mol. The zero-order valence-electron chi connectivity index (χ0n) is 12.1. The third kappa shape index (κ3) is 3.62. The Kier molecular flexibility index (Phi) is 4.44. The van der Waals surface area contributed by atoms with Crippen LogP contribution in [0.5, 0.6) is 0 Å². The molecule has 3 aliphatic rings. The second-order valence-electron chi connectivity index (χ2n) is 6.31. The predicted molar refractivity (Wildman–Crippen MR) is 79.2 cm³/mol. The Hall–Kier alpha value is -0.840. The summed E-state index contributed by atoms with van der Waals surface area (Å²) in [6.45, 7) is 3.05. The Labute approximate surface area is 121 Å². The van der Waals surface area contributed by atoms with Gasteiger partial charge in [0.25, 0.3) is 0 Å². The van der Waals surface area contributed by atoms with Gasteiger partial charge < -0.3 is 20.5 Å². The maximum atomic E-state index is 10.4. The van der Waals surface area contributed by atoms with Crippen LogP contribution in [-0.2, 0) is 4.74 Å². The molecule has 1 saturated carbocycles. The zero-order chi connectivity index (χ0) is 13.9. The smallest absolute Gasteiger partial charge is 0.0985 e. The lowest BCUT2D eigenvalue weighted by atomic mass is 9.94. The van der Waals surface area contributed by atoms with Gasteiger partial charge >= 0.3 is 0 Å². The maximum Gasteiger partial charge on any atom is 0.0985 e. The lowest BCUT2D eigenvalue weighted by molar-refractivity contribution is 0.146. The quantitative estimate of drug-likeness (QED) is 0.774. The number of rotatable bonds is 6. The Balaban J connectivity index is 1.51. The van der Waals surface area contributed by atoms with Gasteiger partial charge in [0.05, 0.1) is 18.0 Å². The molecule has 20 heavy (non-hydrogen) atoms. The molecular weight excluding hydrogens is 252 g/mol. The molecule has 2 atom stereocenters. The summed E-state index contributed by atoms with van der Waals surface area (Å²) in [5.41, 5.74) is 7.22. The van der Waals surface area contributed by atoms with Crippen molar-refractivity contribution in [3.8, 4) is 0 Å². The molecule has 1 heterocycles. The van der Waals surface area contributed by atoms with Crippen molar-refractivity contribution < 1.29 is 9.84 Å². The van der Waals surface area contributed by atoms with Gasteiger partial charge in [-0.15, -0.1) is 0 Å². The van der Waals surface area contributed by atoms with Crippen LogP contribution in [-0.4, -0.2) is 47.9 Å². The fourth-order valence-electron chi connectivity index (χ4n) is 3.02. The fraction of sp³-hybridized carbons (Fsp3) is 0.750. The minimum Gasteiger partial charge on any atom is -0.495 e. The molecule has 2 fully saturated rings. The highest BCUT2D eigenvalue weighted by Gasteiger charge is 2.27. The van der Waals surface area contributed by atoms with E-state index in [1.54, 1.807) is 0 Å². The van der Waals surface area contributed by atoms with E-state index in [0.717, 1.165) is 43.8 Å². The van der Waals surface area contributed by atoms with E-state index in [9.17, 15) is 5.11 Å². The third-order valence-electron chi connectivity index (χ3n) is 4.44. The van der Waals surface area contributed by atoms with Crippen LogP contribution in [0.1, 0.15) is 38.5 Å². The highest BCUT2D eigenvalue weighted by atomic mass is 16.5. The second kappa shape index (κ2) is 6.29. The van der Waals surface area contributed by atoms with Crippen molar-refractivity contribution in [3.63, 3.8) is 0 Å². The van der Waals surface area contributed by atoms with Gasteiger partial charge in [-0.3, -0.25) is 0 Å². The topological polar surface area (TPSA) is 58.7 Å². The maximum absolute atomic E-state index is 10.4.